The smallest absolute Gasteiger partial charge is 0.158 e. The quantitative estimate of drug-likeness (QED) is 0.535. The first-order valence-electron chi connectivity index (χ1n) is 3.82. The van der Waals surface area contributed by atoms with Gasteiger partial charge in [-0.05, 0) is 13.0 Å². The summed E-state index contributed by atoms with van der Waals surface area (Å²) in [5.74, 6) is 0.141. The van der Waals surface area contributed by atoms with Crippen molar-refractivity contribution in [1.29, 1.82) is 0 Å². The fourth-order valence-corrected chi connectivity index (χ4v) is 3.32. The van der Waals surface area contributed by atoms with Crippen LogP contribution in [-0.2, 0) is 9.84 Å². The number of hydrogen-bond acceptors (Lipinski definition) is 3. The molecule has 1 aliphatic carbocycles. The van der Waals surface area contributed by atoms with Crippen LogP contribution in [0.15, 0.2) is 12.2 Å². The van der Waals surface area contributed by atoms with Crippen molar-refractivity contribution in [3.63, 3.8) is 0 Å². The number of allylic oxidation sites excluding steroid dienone is 1. The van der Waals surface area contributed by atoms with Crippen molar-refractivity contribution in [2.75, 3.05) is 12.3 Å². The monoisotopic (exact) mass is 209 g/mol. The third-order valence-electron chi connectivity index (χ3n) is 1.85. The Morgan fingerprint density at radius 2 is 2.08 bits per heavy atom. The molecular formula is C7H12ClNO2S. The summed E-state index contributed by atoms with van der Waals surface area (Å²) in [4.78, 5) is 0. The molecule has 2 atom stereocenters. The number of halogens is 1. The molecule has 0 aliphatic heterocycles. The Bertz CT molecular complexity index is 273. The molecule has 2 N–H and O–H groups in total. The highest BCUT2D eigenvalue weighted by Gasteiger charge is 2.33. The van der Waals surface area contributed by atoms with E-state index < -0.39 is 15.1 Å². The first-order chi connectivity index (χ1) is 5.58. The molecule has 0 spiro atoms. The molecule has 1 rings (SSSR count). The van der Waals surface area contributed by atoms with Crippen LogP contribution in [-0.4, -0.2) is 31.3 Å². The third-order valence-corrected chi connectivity index (χ3v) is 4.55. The Hall–Kier alpha value is -0.0600. The lowest BCUT2D eigenvalue weighted by Gasteiger charge is -2.23. The molecule has 0 aromatic heterocycles. The largest absolute Gasteiger partial charge is 0.330 e. The molecule has 0 aromatic carbocycles. The second-order valence-electron chi connectivity index (χ2n) is 2.80. The van der Waals surface area contributed by atoms with Crippen molar-refractivity contribution in [2.24, 2.45) is 5.73 Å². The lowest BCUT2D eigenvalue weighted by molar-refractivity contribution is 0.583. The molecule has 0 fully saturated rings. The highest BCUT2D eigenvalue weighted by molar-refractivity contribution is 7.92. The number of sulfone groups is 1. The maximum Gasteiger partial charge on any atom is 0.158 e. The molecule has 0 aromatic rings. The lowest BCUT2D eigenvalue weighted by Crippen LogP contribution is -2.35. The van der Waals surface area contributed by atoms with Gasteiger partial charge in [-0.15, -0.1) is 11.6 Å². The molecule has 12 heavy (non-hydrogen) atoms. The molecule has 0 radical (unpaired) electrons. The van der Waals surface area contributed by atoms with Crippen LogP contribution >= 0.6 is 11.6 Å². The van der Waals surface area contributed by atoms with Crippen LogP contribution in [0.5, 0.6) is 0 Å². The van der Waals surface area contributed by atoms with E-state index in [9.17, 15) is 8.42 Å². The average molecular weight is 210 g/mol. The second kappa shape index (κ2) is 3.77. The van der Waals surface area contributed by atoms with Gasteiger partial charge in [0.1, 0.15) is 0 Å². The highest BCUT2D eigenvalue weighted by Crippen LogP contribution is 2.24. The Morgan fingerprint density at radius 3 is 2.42 bits per heavy atom. The number of alkyl halides is 1. The zero-order chi connectivity index (χ0) is 9.19. The molecule has 0 bridgehead atoms. The number of hydrogen-bond donors (Lipinski definition) is 1. The zero-order valence-corrected chi connectivity index (χ0v) is 8.18. The summed E-state index contributed by atoms with van der Waals surface area (Å²) in [7, 11) is -3.03. The van der Waals surface area contributed by atoms with Gasteiger partial charge in [-0.3, -0.25) is 0 Å². The van der Waals surface area contributed by atoms with Gasteiger partial charge < -0.3 is 5.73 Å². The molecule has 70 valence electrons. The minimum absolute atomic E-state index is 0.141. The topological polar surface area (TPSA) is 60.2 Å². The molecule has 0 saturated carbocycles. The Labute approximate surface area is 77.5 Å². The molecule has 5 heteroatoms. The van der Waals surface area contributed by atoms with Crippen LogP contribution in [0.3, 0.4) is 0 Å². The highest BCUT2D eigenvalue weighted by atomic mass is 35.5. The molecule has 0 heterocycles. The van der Waals surface area contributed by atoms with Gasteiger partial charge in [-0.2, -0.15) is 0 Å². The van der Waals surface area contributed by atoms with Gasteiger partial charge >= 0.3 is 0 Å². The van der Waals surface area contributed by atoms with E-state index in [1.165, 1.54) is 0 Å². The van der Waals surface area contributed by atoms with Crippen LogP contribution in [0, 0.1) is 0 Å². The summed E-state index contributed by atoms with van der Waals surface area (Å²) in [5, 5.41) is -0.821. The first kappa shape index (κ1) is 10.0. The van der Waals surface area contributed by atoms with Crippen LogP contribution in [0.4, 0.5) is 0 Å². The summed E-state index contributed by atoms with van der Waals surface area (Å²) < 4.78 is 22.8. The molecule has 0 saturated heterocycles. The average Bonchev–Trinajstić information content (AvgIpc) is 1.97. The van der Waals surface area contributed by atoms with Crippen molar-refractivity contribution >= 4 is 21.4 Å². The Kier molecular flexibility index (Phi) is 3.15. The van der Waals surface area contributed by atoms with E-state index in [1.54, 1.807) is 12.2 Å². The van der Waals surface area contributed by atoms with Gasteiger partial charge in [0.05, 0.1) is 16.4 Å². The van der Waals surface area contributed by atoms with Crippen LogP contribution in [0.2, 0.25) is 0 Å². The standard InChI is InChI=1S/C7H12ClNO2S/c8-6-2-3-7(6)12(10,11)5-1-4-9/h2-3,6-7H,1,4-5,9H2. The van der Waals surface area contributed by atoms with E-state index in [0.29, 0.717) is 13.0 Å². The molecule has 3 nitrogen and oxygen atoms in total. The SMILES string of the molecule is NCCCS(=O)(=O)C1C=CC1Cl. The van der Waals surface area contributed by atoms with E-state index >= 15 is 0 Å². The van der Waals surface area contributed by atoms with Gasteiger partial charge in [-0.1, -0.05) is 12.2 Å². The van der Waals surface area contributed by atoms with Crippen molar-refractivity contribution < 1.29 is 8.42 Å². The maximum atomic E-state index is 11.4. The minimum Gasteiger partial charge on any atom is -0.330 e. The van der Waals surface area contributed by atoms with E-state index in [1.807, 2.05) is 0 Å². The fourth-order valence-electron chi connectivity index (χ4n) is 1.02. The van der Waals surface area contributed by atoms with Crippen LogP contribution in [0.25, 0.3) is 0 Å². The van der Waals surface area contributed by atoms with Crippen molar-refractivity contribution in [3.05, 3.63) is 12.2 Å². The van der Waals surface area contributed by atoms with E-state index in [0.717, 1.165) is 0 Å². The van der Waals surface area contributed by atoms with Crippen molar-refractivity contribution in [2.45, 2.75) is 17.0 Å². The van der Waals surface area contributed by atoms with Crippen molar-refractivity contribution in [1.82, 2.24) is 0 Å². The summed E-state index contributed by atoms with van der Waals surface area (Å²) in [6, 6.07) is 0. The van der Waals surface area contributed by atoms with Crippen LogP contribution < -0.4 is 5.73 Å². The maximum absolute atomic E-state index is 11.4. The predicted octanol–water partition coefficient (Wildman–Crippen LogP) is 0.296. The van der Waals surface area contributed by atoms with Gasteiger partial charge in [0.15, 0.2) is 9.84 Å². The summed E-state index contributed by atoms with van der Waals surface area (Å²) in [5.41, 5.74) is 5.21. The summed E-state index contributed by atoms with van der Waals surface area (Å²) in [6.45, 7) is 0.405. The zero-order valence-electron chi connectivity index (χ0n) is 6.61. The Morgan fingerprint density at radius 1 is 1.42 bits per heavy atom. The van der Waals surface area contributed by atoms with Gasteiger partial charge in [0.25, 0.3) is 0 Å². The van der Waals surface area contributed by atoms with Gasteiger partial charge in [0.2, 0.25) is 0 Å². The van der Waals surface area contributed by atoms with E-state index in [4.69, 9.17) is 17.3 Å². The minimum atomic E-state index is -3.03. The fraction of sp³-hybridized carbons (Fsp3) is 0.714. The molecule has 0 amide bonds. The molecule has 2 unspecified atom stereocenters. The summed E-state index contributed by atoms with van der Waals surface area (Å²) >= 11 is 5.68. The Balaban J connectivity index is 2.55. The van der Waals surface area contributed by atoms with Gasteiger partial charge in [0, 0.05) is 0 Å². The van der Waals surface area contributed by atoms with Gasteiger partial charge in [-0.25, -0.2) is 8.42 Å². The molecular weight excluding hydrogens is 198 g/mol. The summed E-state index contributed by atoms with van der Waals surface area (Å²) in [6.07, 6.45) is 3.83. The second-order valence-corrected chi connectivity index (χ2v) is 5.59. The molecule has 1 aliphatic rings. The first-order valence-corrected chi connectivity index (χ1v) is 5.97. The normalized spacial score (nSPS) is 28.5. The van der Waals surface area contributed by atoms with E-state index in [2.05, 4.69) is 0 Å². The lowest BCUT2D eigenvalue weighted by atomic mass is 10.1. The number of rotatable bonds is 4. The predicted molar refractivity (Wildman–Crippen MR) is 50.0 cm³/mol. The van der Waals surface area contributed by atoms with Crippen molar-refractivity contribution in [3.8, 4) is 0 Å². The number of nitrogens with two attached hydrogens (primary N) is 1. The van der Waals surface area contributed by atoms with Crippen LogP contribution in [0.1, 0.15) is 6.42 Å². The third kappa shape index (κ3) is 2.00. The van der Waals surface area contributed by atoms with E-state index in [-0.39, 0.29) is 11.1 Å².